The van der Waals surface area contributed by atoms with Crippen molar-refractivity contribution in [3.8, 4) is 0 Å². The fraction of sp³-hybridized carbons (Fsp3) is 0.692. The van der Waals surface area contributed by atoms with Gasteiger partial charge in [-0.2, -0.15) is 0 Å². The summed E-state index contributed by atoms with van der Waals surface area (Å²) in [6.07, 6.45) is 1.17. The lowest BCUT2D eigenvalue weighted by atomic mass is 10.1. The van der Waals surface area contributed by atoms with Crippen molar-refractivity contribution in [1.29, 1.82) is 0 Å². The molecule has 1 aromatic heterocycles. The molecule has 3 nitrogen and oxygen atoms in total. The van der Waals surface area contributed by atoms with Crippen LogP contribution in [0, 0.1) is 20.8 Å². The van der Waals surface area contributed by atoms with Gasteiger partial charge in [0.1, 0.15) is 11.5 Å². The highest BCUT2D eigenvalue weighted by Crippen LogP contribution is 2.20. The van der Waals surface area contributed by atoms with Crippen molar-refractivity contribution < 1.29 is 4.42 Å². The third-order valence-corrected chi connectivity index (χ3v) is 2.97. The Morgan fingerprint density at radius 2 is 1.69 bits per heavy atom. The highest BCUT2D eigenvalue weighted by molar-refractivity contribution is 5.31. The van der Waals surface area contributed by atoms with Gasteiger partial charge in [-0.1, -0.05) is 6.92 Å². The lowest BCUT2D eigenvalue weighted by molar-refractivity contribution is 0.497. The van der Waals surface area contributed by atoms with Gasteiger partial charge in [0, 0.05) is 12.1 Å². The first kappa shape index (κ1) is 13.3. The van der Waals surface area contributed by atoms with Crippen molar-refractivity contribution >= 4 is 0 Å². The van der Waals surface area contributed by atoms with Crippen molar-refractivity contribution in [3.05, 3.63) is 22.6 Å². The lowest BCUT2D eigenvalue weighted by Gasteiger charge is -2.05. The van der Waals surface area contributed by atoms with E-state index in [0.717, 1.165) is 37.7 Å². The van der Waals surface area contributed by atoms with Crippen LogP contribution in [0.4, 0.5) is 0 Å². The van der Waals surface area contributed by atoms with Gasteiger partial charge in [-0.15, -0.1) is 0 Å². The first-order chi connectivity index (χ1) is 7.66. The predicted octanol–water partition coefficient (Wildman–Crippen LogP) is 2.29. The van der Waals surface area contributed by atoms with Crippen molar-refractivity contribution in [3.63, 3.8) is 0 Å². The number of furan rings is 1. The fourth-order valence-electron chi connectivity index (χ4n) is 1.83. The van der Waals surface area contributed by atoms with Crippen LogP contribution < -0.4 is 10.6 Å². The molecule has 0 fully saturated rings. The Kier molecular flexibility index (Phi) is 5.56. The summed E-state index contributed by atoms with van der Waals surface area (Å²) in [6.45, 7) is 12.4. The molecule has 0 bridgehead atoms. The molecule has 1 heterocycles. The second-order valence-corrected chi connectivity index (χ2v) is 4.20. The van der Waals surface area contributed by atoms with Gasteiger partial charge in [0.05, 0.1) is 0 Å². The Labute approximate surface area is 98.6 Å². The van der Waals surface area contributed by atoms with Gasteiger partial charge < -0.3 is 15.1 Å². The summed E-state index contributed by atoms with van der Waals surface area (Å²) in [4.78, 5) is 0. The summed E-state index contributed by atoms with van der Waals surface area (Å²) in [7, 11) is 0. The molecule has 0 radical (unpaired) electrons. The maximum Gasteiger partial charge on any atom is 0.105 e. The molecule has 16 heavy (non-hydrogen) atoms. The van der Waals surface area contributed by atoms with Crippen LogP contribution in [0.1, 0.15) is 36.0 Å². The summed E-state index contributed by atoms with van der Waals surface area (Å²) in [5.74, 6) is 2.09. The highest BCUT2D eigenvalue weighted by atomic mass is 16.3. The molecule has 0 atom stereocenters. The molecule has 0 aliphatic heterocycles. The fourth-order valence-corrected chi connectivity index (χ4v) is 1.83. The number of hydrogen-bond donors (Lipinski definition) is 2. The van der Waals surface area contributed by atoms with E-state index < -0.39 is 0 Å². The minimum atomic E-state index is 0.918. The Morgan fingerprint density at radius 1 is 1.00 bits per heavy atom. The molecule has 0 aromatic carbocycles. The van der Waals surface area contributed by atoms with Gasteiger partial charge >= 0.3 is 0 Å². The van der Waals surface area contributed by atoms with Gasteiger partial charge in [0.15, 0.2) is 0 Å². The van der Waals surface area contributed by atoms with Crippen LogP contribution in [-0.2, 0) is 6.54 Å². The molecule has 0 amide bonds. The van der Waals surface area contributed by atoms with Crippen LogP contribution in [0.25, 0.3) is 0 Å². The van der Waals surface area contributed by atoms with E-state index in [0.29, 0.717) is 0 Å². The normalized spacial score (nSPS) is 11.0. The van der Waals surface area contributed by atoms with Gasteiger partial charge in [0.25, 0.3) is 0 Å². The lowest BCUT2D eigenvalue weighted by Crippen LogP contribution is -2.21. The van der Waals surface area contributed by atoms with E-state index in [-0.39, 0.29) is 0 Å². The molecule has 1 aromatic rings. The van der Waals surface area contributed by atoms with Crippen molar-refractivity contribution in [2.75, 3.05) is 19.6 Å². The summed E-state index contributed by atoms with van der Waals surface area (Å²) < 4.78 is 5.59. The highest BCUT2D eigenvalue weighted by Gasteiger charge is 2.09. The number of nitrogens with one attached hydrogen (secondary N) is 2. The van der Waals surface area contributed by atoms with Crippen LogP contribution in [0.2, 0.25) is 0 Å². The molecule has 92 valence electrons. The molecule has 0 spiro atoms. The van der Waals surface area contributed by atoms with E-state index in [1.165, 1.54) is 17.5 Å². The quantitative estimate of drug-likeness (QED) is 0.698. The Morgan fingerprint density at radius 3 is 2.25 bits per heavy atom. The minimum absolute atomic E-state index is 0.918. The average molecular weight is 224 g/mol. The van der Waals surface area contributed by atoms with E-state index in [1.54, 1.807) is 0 Å². The van der Waals surface area contributed by atoms with Crippen LogP contribution in [0.15, 0.2) is 4.42 Å². The molecule has 0 aliphatic rings. The third-order valence-electron chi connectivity index (χ3n) is 2.97. The monoisotopic (exact) mass is 224 g/mol. The molecule has 0 saturated carbocycles. The maximum atomic E-state index is 5.59. The van der Waals surface area contributed by atoms with Crippen LogP contribution in [0.5, 0.6) is 0 Å². The molecule has 1 rings (SSSR count). The topological polar surface area (TPSA) is 37.2 Å². The largest absolute Gasteiger partial charge is 0.466 e. The van der Waals surface area contributed by atoms with Crippen LogP contribution in [0.3, 0.4) is 0 Å². The van der Waals surface area contributed by atoms with E-state index >= 15 is 0 Å². The number of hydrogen-bond acceptors (Lipinski definition) is 3. The molecule has 2 N–H and O–H groups in total. The zero-order valence-corrected chi connectivity index (χ0v) is 10.9. The molecule has 0 unspecified atom stereocenters. The summed E-state index contributed by atoms with van der Waals surface area (Å²) in [6, 6.07) is 0. The summed E-state index contributed by atoms with van der Waals surface area (Å²) in [5.41, 5.74) is 2.61. The molecular weight excluding hydrogens is 200 g/mol. The van der Waals surface area contributed by atoms with Crippen LogP contribution >= 0.6 is 0 Å². The van der Waals surface area contributed by atoms with Crippen molar-refractivity contribution in [2.24, 2.45) is 0 Å². The zero-order valence-electron chi connectivity index (χ0n) is 10.9. The Bertz CT molecular complexity index is 318. The van der Waals surface area contributed by atoms with Crippen molar-refractivity contribution in [2.45, 2.75) is 40.7 Å². The smallest absolute Gasteiger partial charge is 0.105 e. The number of aryl methyl sites for hydroxylation is 2. The predicted molar refractivity (Wildman–Crippen MR) is 67.8 cm³/mol. The van der Waals surface area contributed by atoms with Gasteiger partial charge in [-0.3, -0.25) is 0 Å². The SMILES string of the molecule is CCNCCCNCc1c(C)oc(C)c1C. The minimum Gasteiger partial charge on any atom is -0.466 e. The van der Waals surface area contributed by atoms with Crippen molar-refractivity contribution in [1.82, 2.24) is 10.6 Å². The standard InChI is InChI=1S/C13H24N2O/c1-5-14-7-6-8-15-9-13-10(2)11(3)16-12(13)4/h14-15H,5-9H2,1-4H3. The zero-order chi connectivity index (χ0) is 12.0. The van der Waals surface area contributed by atoms with Gasteiger partial charge in [-0.25, -0.2) is 0 Å². The van der Waals surface area contributed by atoms with E-state index in [1.807, 2.05) is 13.8 Å². The third kappa shape index (κ3) is 3.65. The molecule has 0 aliphatic carbocycles. The maximum absolute atomic E-state index is 5.59. The molecule has 0 saturated heterocycles. The van der Waals surface area contributed by atoms with E-state index in [4.69, 9.17) is 4.42 Å². The summed E-state index contributed by atoms with van der Waals surface area (Å²) in [5, 5.41) is 6.77. The van der Waals surface area contributed by atoms with Gasteiger partial charge in [-0.05, 0) is 52.4 Å². The Hall–Kier alpha value is -0.800. The van der Waals surface area contributed by atoms with Gasteiger partial charge in [0.2, 0.25) is 0 Å². The average Bonchev–Trinajstić information content (AvgIpc) is 2.49. The number of rotatable bonds is 7. The second kappa shape index (κ2) is 6.71. The first-order valence-electron chi connectivity index (χ1n) is 6.13. The summed E-state index contributed by atoms with van der Waals surface area (Å²) >= 11 is 0. The second-order valence-electron chi connectivity index (χ2n) is 4.20. The first-order valence-corrected chi connectivity index (χ1v) is 6.13. The molecular formula is C13H24N2O. The van der Waals surface area contributed by atoms with E-state index in [2.05, 4.69) is 24.5 Å². The van der Waals surface area contributed by atoms with E-state index in [9.17, 15) is 0 Å². The van der Waals surface area contributed by atoms with Crippen LogP contribution in [-0.4, -0.2) is 19.6 Å². The molecule has 3 heteroatoms. The Balaban J connectivity index is 2.26.